The van der Waals surface area contributed by atoms with E-state index in [9.17, 15) is 4.79 Å². The summed E-state index contributed by atoms with van der Waals surface area (Å²) in [6.07, 6.45) is 0. The lowest BCUT2D eigenvalue weighted by Crippen LogP contribution is -2.44. The third-order valence-corrected chi connectivity index (χ3v) is 5.14. The summed E-state index contributed by atoms with van der Waals surface area (Å²) < 4.78 is 6.36. The van der Waals surface area contributed by atoms with Crippen LogP contribution in [0, 0.1) is 6.92 Å². The van der Waals surface area contributed by atoms with Gasteiger partial charge in [0, 0.05) is 42.9 Å². The summed E-state index contributed by atoms with van der Waals surface area (Å²) >= 11 is 3.45. The molecule has 0 unspecified atom stereocenters. The minimum atomic E-state index is -0.0815. The highest BCUT2D eigenvalue weighted by Gasteiger charge is 2.17. The van der Waals surface area contributed by atoms with Crippen LogP contribution in [-0.4, -0.2) is 55.2 Å². The van der Waals surface area contributed by atoms with Crippen LogP contribution in [0.4, 0.5) is 10.5 Å². The van der Waals surface area contributed by atoms with Gasteiger partial charge in [0.2, 0.25) is 0 Å². The van der Waals surface area contributed by atoms with Crippen LogP contribution in [0.3, 0.4) is 0 Å². The van der Waals surface area contributed by atoms with Gasteiger partial charge < -0.3 is 15.0 Å². The molecule has 0 spiro atoms. The van der Waals surface area contributed by atoms with Crippen molar-refractivity contribution in [3.63, 3.8) is 0 Å². The molecule has 2 aromatic rings. The fourth-order valence-electron chi connectivity index (χ4n) is 3.02. The summed E-state index contributed by atoms with van der Waals surface area (Å²) in [7, 11) is 0. The minimum Gasteiger partial charge on any atom is -0.379 e. The number of nitrogens with one attached hydrogen (secondary N) is 1. The van der Waals surface area contributed by atoms with Crippen LogP contribution < -0.4 is 5.32 Å². The standard InChI is InChI=1S/C21H26BrN3O2/c1-17-5-7-18(8-6-17)16-25(10-9-24-11-13-27-14-12-24)21(26)23-20-4-2-3-19(22)15-20/h2-8,15H,9-14,16H2,1H3,(H,23,26). The Bertz CT molecular complexity index is 745. The SMILES string of the molecule is Cc1ccc(CN(CCN2CCOCC2)C(=O)Nc2cccc(Br)c2)cc1. The summed E-state index contributed by atoms with van der Waals surface area (Å²) in [6.45, 7) is 7.56. The van der Waals surface area contributed by atoms with Gasteiger partial charge in [-0.05, 0) is 30.7 Å². The Hall–Kier alpha value is -1.89. The molecule has 0 atom stereocenters. The molecule has 1 aliphatic heterocycles. The maximum absolute atomic E-state index is 12.9. The number of halogens is 1. The molecule has 1 saturated heterocycles. The molecule has 0 aromatic heterocycles. The van der Waals surface area contributed by atoms with E-state index in [1.807, 2.05) is 29.2 Å². The second-order valence-corrected chi connectivity index (χ2v) is 7.72. The van der Waals surface area contributed by atoms with E-state index >= 15 is 0 Å². The molecule has 6 heteroatoms. The Labute approximate surface area is 169 Å². The molecular formula is C21H26BrN3O2. The summed E-state index contributed by atoms with van der Waals surface area (Å²) in [5, 5.41) is 3.02. The van der Waals surface area contributed by atoms with Gasteiger partial charge in [-0.3, -0.25) is 4.90 Å². The Morgan fingerprint density at radius 1 is 1.19 bits per heavy atom. The van der Waals surface area contributed by atoms with Crippen molar-refractivity contribution in [1.82, 2.24) is 9.80 Å². The largest absolute Gasteiger partial charge is 0.379 e. The van der Waals surface area contributed by atoms with E-state index in [0.717, 1.165) is 48.6 Å². The van der Waals surface area contributed by atoms with Crippen molar-refractivity contribution in [2.75, 3.05) is 44.7 Å². The lowest BCUT2D eigenvalue weighted by Gasteiger charge is -2.30. The quantitative estimate of drug-likeness (QED) is 0.747. The number of hydrogen-bond acceptors (Lipinski definition) is 3. The molecule has 1 heterocycles. The van der Waals surface area contributed by atoms with Crippen molar-refractivity contribution in [1.29, 1.82) is 0 Å². The second kappa shape index (κ2) is 9.88. The number of benzene rings is 2. The zero-order valence-corrected chi connectivity index (χ0v) is 17.2. The van der Waals surface area contributed by atoms with Gasteiger partial charge in [0.25, 0.3) is 0 Å². The molecule has 27 heavy (non-hydrogen) atoms. The average Bonchev–Trinajstić information content (AvgIpc) is 2.67. The molecule has 0 aliphatic carbocycles. The molecule has 0 bridgehead atoms. The van der Waals surface area contributed by atoms with E-state index in [0.29, 0.717) is 13.1 Å². The first-order valence-electron chi connectivity index (χ1n) is 9.27. The molecule has 1 fully saturated rings. The first kappa shape index (κ1) is 19.9. The second-order valence-electron chi connectivity index (χ2n) is 6.80. The molecule has 0 radical (unpaired) electrons. The van der Waals surface area contributed by atoms with Crippen LogP contribution in [0.2, 0.25) is 0 Å². The highest BCUT2D eigenvalue weighted by molar-refractivity contribution is 9.10. The number of rotatable bonds is 6. The van der Waals surface area contributed by atoms with E-state index in [1.54, 1.807) is 0 Å². The maximum atomic E-state index is 12.9. The summed E-state index contributed by atoms with van der Waals surface area (Å²) in [5.41, 5.74) is 3.14. The molecule has 5 nitrogen and oxygen atoms in total. The summed E-state index contributed by atoms with van der Waals surface area (Å²) in [4.78, 5) is 17.1. The Balaban J connectivity index is 1.66. The zero-order valence-electron chi connectivity index (χ0n) is 15.7. The number of amides is 2. The third-order valence-electron chi connectivity index (χ3n) is 4.65. The Morgan fingerprint density at radius 3 is 2.63 bits per heavy atom. The van der Waals surface area contributed by atoms with Crippen LogP contribution in [0.1, 0.15) is 11.1 Å². The lowest BCUT2D eigenvalue weighted by molar-refractivity contribution is 0.0349. The number of anilines is 1. The fourth-order valence-corrected chi connectivity index (χ4v) is 3.42. The normalized spacial score (nSPS) is 14.7. The topological polar surface area (TPSA) is 44.8 Å². The molecule has 2 amide bonds. The van der Waals surface area contributed by atoms with Gasteiger partial charge in [-0.15, -0.1) is 0 Å². The maximum Gasteiger partial charge on any atom is 0.322 e. The molecule has 1 N–H and O–H groups in total. The van der Waals surface area contributed by atoms with E-state index in [-0.39, 0.29) is 6.03 Å². The van der Waals surface area contributed by atoms with Gasteiger partial charge in [-0.2, -0.15) is 0 Å². The lowest BCUT2D eigenvalue weighted by atomic mass is 10.1. The molecule has 144 valence electrons. The van der Waals surface area contributed by atoms with Gasteiger partial charge in [0.05, 0.1) is 13.2 Å². The van der Waals surface area contributed by atoms with Crippen molar-refractivity contribution in [3.05, 3.63) is 64.1 Å². The first-order chi connectivity index (χ1) is 13.1. The van der Waals surface area contributed by atoms with Crippen molar-refractivity contribution in [2.45, 2.75) is 13.5 Å². The van der Waals surface area contributed by atoms with E-state index in [2.05, 4.69) is 57.3 Å². The molecule has 0 saturated carbocycles. The van der Waals surface area contributed by atoms with Gasteiger partial charge in [0.15, 0.2) is 0 Å². The van der Waals surface area contributed by atoms with Gasteiger partial charge in [-0.1, -0.05) is 51.8 Å². The average molecular weight is 432 g/mol. The van der Waals surface area contributed by atoms with E-state index < -0.39 is 0 Å². The zero-order chi connectivity index (χ0) is 19.1. The van der Waals surface area contributed by atoms with Crippen LogP contribution in [0.15, 0.2) is 53.0 Å². The van der Waals surface area contributed by atoms with Gasteiger partial charge in [-0.25, -0.2) is 4.79 Å². The Morgan fingerprint density at radius 2 is 1.93 bits per heavy atom. The highest BCUT2D eigenvalue weighted by atomic mass is 79.9. The minimum absolute atomic E-state index is 0.0815. The fraction of sp³-hybridized carbons (Fsp3) is 0.381. The monoisotopic (exact) mass is 431 g/mol. The van der Waals surface area contributed by atoms with Gasteiger partial charge >= 0.3 is 6.03 Å². The number of aryl methyl sites for hydroxylation is 1. The number of ether oxygens (including phenoxy) is 1. The number of carbonyl (C=O) groups excluding carboxylic acids is 1. The molecule has 1 aliphatic rings. The number of nitrogens with zero attached hydrogens (tertiary/aromatic N) is 2. The third kappa shape index (κ3) is 6.34. The van der Waals surface area contributed by atoms with Crippen LogP contribution >= 0.6 is 15.9 Å². The van der Waals surface area contributed by atoms with Crippen LogP contribution in [0.5, 0.6) is 0 Å². The summed E-state index contributed by atoms with van der Waals surface area (Å²) in [5.74, 6) is 0. The Kier molecular flexibility index (Phi) is 7.26. The first-order valence-corrected chi connectivity index (χ1v) is 10.1. The van der Waals surface area contributed by atoms with E-state index in [4.69, 9.17) is 4.74 Å². The van der Waals surface area contributed by atoms with E-state index in [1.165, 1.54) is 5.56 Å². The van der Waals surface area contributed by atoms with Crippen molar-refractivity contribution in [3.8, 4) is 0 Å². The van der Waals surface area contributed by atoms with Crippen molar-refractivity contribution >= 4 is 27.6 Å². The van der Waals surface area contributed by atoms with Gasteiger partial charge in [0.1, 0.15) is 0 Å². The number of hydrogen-bond donors (Lipinski definition) is 1. The molecule has 3 rings (SSSR count). The van der Waals surface area contributed by atoms with Crippen molar-refractivity contribution < 1.29 is 9.53 Å². The van der Waals surface area contributed by atoms with Crippen molar-refractivity contribution in [2.24, 2.45) is 0 Å². The van der Waals surface area contributed by atoms with Crippen LogP contribution in [0.25, 0.3) is 0 Å². The molecular weight excluding hydrogens is 406 g/mol. The highest BCUT2D eigenvalue weighted by Crippen LogP contribution is 2.17. The summed E-state index contributed by atoms with van der Waals surface area (Å²) in [6, 6.07) is 15.9. The number of morpholine rings is 1. The smallest absolute Gasteiger partial charge is 0.322 e. The predicted octanol–water partition coefficient (Wildman–Crippen LogP) is 4.12. The number of carbonyl (C=O) groups is 1. The number of urea groups is 1. The molecule has 2 aromatic carbocycles. The predicted molar refractivity (Wildman–Crippen MR) is 112 cm³/mol. The van der Waals surface area contributed by atoms with Crippen LogP contribution in [-0.2, 0) is 11.3 Å².